The molecule has 0 saturated carbocycles. The molecule has 35 heavy (non-hydrogen) atoms. The van der Waals surface area contributed by atoms with E-state index in [2.05, 4.69) is 10.3 Å². The Bertz CT molecular complexity index is 1200. The summed E-state index contributed by atoms with van der Waals surface area (Å²) in [5.41, 5.74) is 1.68. The number of pyridine rings is 1. The molecule has 2 amide bonds. The van der Waals surface area contributed by atoms with Crippen molar-refractivity contribution in [1.29, 1.82) is 0 Å². The van der Waals surface area contributed by atoms with Gasteiger partial charge in [-0.15, -0.1) is 0 Å². The highest BCUT2D eigenvalue weighted by molar-refractivity contribution is 6.30. The van der Waals surface area contributed by atoms with Crippen molar-refractivity contribution in [2.45, 2.75) is 19.4 Å². The highest BCUT2D eigenvalue weighted by Crippen LogP contribution is 2.33. The average Bonchev–Trinajstić information content (AvgIpc) is 2.88. The summed E-state index contributed by atoms with van der Waals surface area (Å²) in [6.45, 7) is 0.422. The normalized spacial score (nSPS) is 12.5. The Morgan fingerprint density at radius 2 is 1.94 bits per heavy atom. The van der Waals surface area contributed by atoms with Crippen LogP contribution in [0.2, 0.25) is 5.02 Å². The van der Waals surface area contributed by atoms with E-state index in [4.69, 9.17) is 21.1 Å². The summed E-state index contributed by atoms with van der Waals surface area (Å²) in [7, 11) is 0. The second-order valence-corrected chi connectivity index (χ2v) is 8.32. The largest absolute Gasteiger partial charge is 0.485 e. The van der Waals surface area contributed by atoms with Crippen LogP contribution in [0.25, 0.3) is 0 Å². The van der Waals surface area contributed by atoms with Crippen LogP contribution in [0.15, 0.2) is 66.9 Å². The minimum absolute atomic E-state index is 0.0914. The molecule has 1 N–H and O–H groups in total. The Balaban J connectivity index is 1.34. The molecule has 3 aromatic rings. The Labute approximate surface area is 207 Å². The van der Waals surface area contributed by atoms with Gasteiger partial charge in [0.2, 0.25) is 5.91 Å². The number of hydrogen-bond donors (Lipinski definition) is 1. The quantitative estimate of drug-likeness (QED) is 0.431. The standard InChI is InChI=1S/C26H24ClN3O5/c27-19-7-9-21(10-8-19)34-16-23(31)18-6-11-24-22(14-18)30(26(33)17-35-24)13-3-5-25(32)29-15-20-4-1-2-12-28-20/h1-2,4,6-12,14H,3,5,13,15-17H2,(H,29,32). The predicted octanol–water partition coefficient (Wildman–Crippen LogP) is 3.82. The van der Waals surface area contributed by atoms with Crippen LogP contribution < -0.4 is 19.7 Å². The fourth-order valence-corrected chi connectivity index (χ4v) is 3.69. The molecule has 0 fully saturated rings. The molecular weight excluding hydrogens is 470 g/mol. The summed E-state index contributed by atoms with van der Waals surface area (Å²) in [6, 6.07) is 17.2. The van der Waals surface area contributed by atoms with Crippen molar-refractivity contribution in [1.82, 2.24) is 10.3 Å². The third-order valence-electron chi connectivity index (χ3n) is 5.39. The van der Waals surface area contributed by atoms with E-state index in [1.54, 1.807) is 53.6 Å². The molecule has 0 aliphatic carbocycles. The fourth-order valence-electron chi connectivity index (χ4n) is 3.56. The number of nitrogens with zero attached hydrogens (tertiary/aromatic N) is 2. The number of anilines is 1. The molecule has 1 aliphatic heterocycles. The lowest BCUT2D eigenvalue weighted by Crippen LogP contribution is -2.40. The zero-order valence-corrected chi connectivity index (χ0v) is 19.7. The fraction of sp³-hybridized carbons (Fsp3) is 0.231. The van der Waals surface area contributed by atoms with Crippen LogP contribution in [0.3, 0.4) is 0 Å². The average molecular weight is 494 g/mol. The molecule has 0 spiro atoms. The molecule has 0 saturated heterocycles. The Morgan fingerprint density at radius 3 is 2.71 bits per heavy atom. The van der Waals surface area contributed by atoms with Gasteiger partial charge in [-0.2, -0.15) is 0 Å². The summed E-state index contributed by atoms with van der Waals surface area (Å²) in [5.74, 6) is 0.449. The first-order chi connectivity index (χ1) is 17.0. The molecular formula is C26H24ClN3O5. The lowest BCUT2D eigenvalue weighted by molar-refractivity contribution is -0.123. The maximum Gasteiger partial charge on any atom is 0.265 e. The number of fused-ring (bicyclic) bond motifs is 1. The number of ether oxygens (including phenoxy) is 2. The molecule has 0 atom stereocenters. The highest BCUT2D eigenvalue weighted by atomic mass is 35.5. The Morgan fingerprint density at radius 1 is 1.11 bits per heavy atom. The van der Waals surface area contributed by atoms with Gasteiger partial charge in [-0.05, 0) is 61.0 Å². The summed E-state index contributed by atoms with van der Waals surface area (Å²) in [4.78, 5) is 43.2. The van der Waals surface area contributed by atoms with E-state index in [0.717, 1.165) is 5.69 Å². The topological polar surface area (TPSA) is 97.8 Å². The van der Waals surface area contributed by atoms with Gasteiger partial charge < -0.3 is 19.7 Å². The zero-order valence-electron chi connectivity index (χ0n) is 18.9. The van der Waals surface area contributed by atoms with E-state index in [0.29, 0.717) is 47.3 Å². The first-order valence-corrected chi connectivity index (χ1v) is 11.5. The second-order valence-electron chi connectivity index (χ2n) is 7.88. The summed E-state index contributed by atoms with van der Waals surface area (Å²) >= 11 is 5.87. The Hall–Kier alpha value is -3.91. The number of halogens is 1. The van der Waals surface area contributed by atoms with Crippen LogP contribution in [-0.2, 0) is 16.1 Å². The van der Waals surface area contributed by atoms with Gasteiger partial charge in [-0.25, -0.2) is 0 Å². The zero-order chi connectivity index (χ0) is 24.6. The van der Waals surface area contributed by atoms with Gasteiger partial charge in [0.15, 0.2) is 19.0 Å². The van der Waals surface area contributed by atoms with Gasteiger partial charge in [-0.3, -0.25) is 19.4 Å². The van der Waals surface area contributed by atoms with E-state index in [9.17, 15) is 14.4 Å². The van der Waals surface area contributed by atoms with Crippen molar-refractivity contribution >= 4 is 34.9 Å². The first-order valence-electron chi connectivity index (χ1n) is 11.1. The molecule has 0 bridgehead atoms. The maximum atomic E-state index is 12.7. The molecule has 0 unspecified atom stereocenters. The molecule has 180 valence electrons. The van der Waals surface area contributed by atoms with E-state index < -0.39 is 0 Å². The SMILES string of the molecule is O=C(CCCN1C(=O)COc2ccc(C(=O)COc3ccc(Cl)cc3)cc21)NCc1ccccn1. The van der Waals surface area contributed by atoms with Gasteiger partial charge in [0.1, 0.15) is 11.5 Å². The van der Waals surface area contributed by atoms with Crippen LogP contribution in [0.1, 0.15) is 28.9 Å². The molecule has 8 nitrogen and oxygen atoms in total. The van der Waals surface area contributed by atoms with Crippen LogP contribution in [0, 0.1) is 0 Å². The lowest BCUT2D eigenvalue weighted by Gasteiger charge is -2.29. The number of rotatable bonds is 10. The molecule has 4 rings (SSSR count). The molecule has 9 heteroatoms. The minimum Gasteiger partial charge on any atom is -0.485 e. The monoisotopic (exact) mass is 493 g/mol. The van der Waals surface area contributed by atoms with Crippen LogP contribution >= 0.6 is 11.6 Å². The highest BCUT2D eigenvalue weighted by Gasteiger charge is 2.26. The number of nitrogens with one attached hydrogen (secondary N) is 1. The number of ketones is 1. The smallest absolute Gasteiger partial charge is 0.265 e. The van der Waals surface area contributed by atoms with E-state index in [1.165, 1.54) is 0 Å². The van der Waals surface area contributed by atoms with Crippen molar-refractivity contribution in [2.24, 2.45) is 0 Å². The number of amides is 2. The first kappa shape index (κ1) is 24.2. The minimum atomic E-state index is -0.241. The molecule has 2 aromatic carbocycles. The second kappa shape index (κ2) is 11.5. The van der Waals surface area contributed by atoms with Crippen molar-refractivity contribution < 1.29 is 23.9 Å². The Kier molecular flexibility index (Phi) is 7.95. The third kappa shape index (κ3) is 6.58. The number of Topliss-reactive ketones (excluding diaryl/α,β-unsaturated/α-hetero) is 1. The van der Waals surface area contributed by atoms with Crippen LogP contribution in [0.5, 0.6) is 11.5 Å². The summed E-state index contributed by atoms with van der Waals surface area (Å²) in [5, 5.41) is 3.40. The van der Waals surface area contributed by atoms with Crippen molar-refractivity contribution in [3.8, 4) is 11.5 Å². The number of carbonyl (C=O) groups is 3. The molecule has 0 radical (unpaired) electrons. The van der Waals surface area contributed by atoms with Gasteiger partial charge >= 0.3 is 0 Å². The number of benzene rings is 2. The van der Waals surface area contributed by atoms with E-state index in [1.807, 2.05) is 18.2 Å². The van der Waals surface area contributed by atoms with Gasteiger partial charge in [0.25, 0.3) is 5.91 Å². The number of aromatic nitrogens is 1. The van der Waals surface area contributed by atoms with Crippen molar-refractivity contribution in [3.05, 3.63) is 83.1 Å². The van der Waals surface area contributed by atoms with Crippen LogP contribution in [-0.4, -0.2) is 42.3 Å². The van der Waals surface area contributed by atoms with E-state index >= 15 is 0 Å². The van der Waals surface area contributed by atoms with Crippen LogP contribution in [0.4, 0.5) is 5.69 Å². The number of carbonyl (C=O) groups excluding carboxylic acids is 3. The van der Waals surface area contributed by atoms with Gasteiger partial charge in [0, 0.05) is 29.7 Å². The molecule has 2 heterocycles. The third-order valence-corrected chi connectivity index (χ3v) is 5.64. The van der Waals surface area contributed by atoms with Crippen molar-refractivity contribution in [3.63, 3.8) is 0 Å². The maximum absolute atomic E-state index is 12.7. The van der Waals surface area contributed by atoms with Gasteiger partial charge in [-0.1, -0.05) is 17.7 Å². The lowest BCUT2D eigenvalue weighted by atomic mass is 10.1. The van der Waals surface area contributed by atoms with Gasteiger partial charge in [0.05, 0.1) is 17.9 Å². The molecule has 1 aliphatic rings. The van der Waals surface area contributed by atoms with Crippen molar-refractivity contribution in [2.75, 3.05) is 24.7 Å². The number of hydrogen-bond acceptors (Lipinski definition) is 6. The molecule has 1 aromatic heterocycles. The summed E-state index contributed by atoms with van der Waals surface area (Å²) in [6.07, 6.45) is 2.38. The van der Waals surface area contributed by atoms with E-state index in [-0.39, 0.29) is 37.2 Å². The summed E-state index contributed by atoms with van der Waals surface area (Å²) < 4.78 is 11.1. The predicted molar refractivity (Wildman–Crippen MR) is 131 cm³/mol.